The number of anilines is 1. The van der Waals surface area contributed by atoms with Crippen molar-refractivity contribution in [3.05, 3.63) is 28.8 Å². The summed E-state index contributed by atoms with van der Waals surface area (Å²) in [5, 5.41) is 3.34. The van der Waals surface area contributed by atoms with E-state index >= 15 is 0 Å². The van der Waals surface area contributed by atoms with Crippen molar-refractivity contribution in [1.82, 2.24) is 0 Å². The summed E-state index contributed by atoms with van der Waals surface area (Å²) in [6, 6.07) is 4.94. The quantitative estimate of drug-likeness (QED) is 0.875. The minimum Gasteiger partial charge on any atom is -0.327 e. The molecular formula is C13H19ClN2O2S. The van der Waals surface area contributed by atoms with E-state index in [1.807, 2.05) is 0 Å². The van der Waals surface area contributed by atoms with E-state index in [4.69, 9.17) is 17.3 Å². The molecule has 0 heterocycles. The average molecular weight is 303 g/mol. The van der Waals surface area contributed by atoms with Crippen LogP contribution in [0, 0.1) is 5.92 Å². The molecule has 0 saturated heterocycles. The lowest BCUT2D eigenvalue weighted by atomic mass is 10.0. The Morgan fingerprint density at radius 3 is 2.63 bits per heavy atom. The first-order chi connectivity index (χ1) is 8.81. The van der Waals surface area contributed by atoms with E-state index in [-0.39, 0.29) is 17.9 Å². The van der Waals surface area contributed by atoms with Crippen LogP contribution in [0.2, 0.25) is 5.02 Å². The van der Waals surface area contributed by atoms with Gasteiger partial charge in [-0.05, 0) is 30.7 Å². The number of nitrogens with two attached hydrogens (primary N) is 1. The third-order valence-corrected chi connectivity index (χ3v) is 3.96. The van der Waals surface area contributed by atoms with Crippen molar-refractivity contribution >= 4 is 34.0 Å². The molecular weight excluding hydrogens is 284 g/mol. The predicted octanol–water partition coefficient (Wildman–Crippen LogP) is 2.14. The molecule has 1 aromatic rings. The molecule has 1 amide bonds. The Kier molecular flexibility index (Phi) is 5.97. The van der Waals surface area contributed by atoms with Gasteiger partial charge in [0.15, 0.2) is 0 Å². The first kappa shape index (κ1) is 16.1. The number of hydrogen-bond acceptors (Lipinski definition) is 3. The van der Waals surface area contributed by atoms with Crippen LogP contribution < -0.4 is 11.1 Å². The van der Waals surface area contributed by atoms with Crippen LogP contribution in [-0.2, 0) is 21.3 Å². The minimum absolute atomic E-state index is 0.138. The molecule has 0 radical (unpaired) electrons. The number of carbonyl (C=O) groups is 1. The summed E-state index contributed by atoms with van der Waals surface area (Å²) in [6.45, 7) is 3.57. The number of carbonyl (C=O) groups excluding carboxylic acids is 1. The third kappa shape index (κ3) is 4.93. The number of hydrogen-bond donors (Lipinski definition) is 2. The van der Waals surface area contributed by atoms with Crippen LogP contribution in [0.1, 0.15) is 19.4 Å². The zero-order valence-electron chi connectivity index (χ0n) is 11.3. The highest BCUT2D eigenvalue weighted by Crippen LogP contribution is 2.22. The molecule has 0 aliphatic rings. The Balaban J connectivity index is 2.85. The van der Waals surface area contributed by atoms with E-state index in [9.17, 15) is 9.00 Å². The third-order valence-electron chi connectivity index (χ3n) is 2.87. The number of nitrogens with one attached hydrogen (secondary N) is 1. The second kappa shape index (κ2) is 7.03. The number of amides is 1. The van der Waals surface area contributed by atoms with Gasteiger partial charge in [-0.2, -0.15) is 0 Å². The summed E-state index contributed by atoms with van der Waals surface area (Å²) >= 11 is 6.02. The van der Waals surface area contributed by atoms with Crippen molar-refractivity contribution in [2.75, 3.05) is 11.6 Å². The first-order valence-electron chi connectivity index (χ1n) is 5.96. The summed E-state index contributed by atoms with van der Waals surface area (Å²) in [6.07, 6.45) is 1.61. The van der Waals surface area contributed by atoms with Gasteiger partial charge in [0.05, 0.1) is 5.92 Å². The minimum atomic E-state index is -0.981. The Morgan fingerprint density at radius 2 is 2.11 bits per heavy atom. The lowest BCUT2D eigenvalue weighted by Crippen LogP contribution is -2.34. The molecule has 0 aliphatic carbocycles. The molecule has 0 saturated carbocycles. The van der Waals surface area contributed by atoms with Crippen LogP contribution in [0.25, 0.3) is 0 Å². The van der Waals surface area contributed by atoms with Gasteiger partial charge in [-0.1, -0.05) is 18.5 Å². The van der Waals surface area contributed by atoms with Gasteiger partial charge in [-0.15, -0.1) is 0 Å². The largest absolute Gasteiger partial charge is 0.327 e. The monoisotopic (exact) mass is 302 g/mol. The van der Waals surface area contributed by atoms with Gasteiger partial charge in [0.1, 0.15) is 0 Å². The van der Waals surface area contributed by atoms with E-state index in [1.54, 1.807) is 38.3 Å². The Bertz CT molecular complexity index is 492. The second-order valence-corrected chi connectivity index (χ2v) is 6.50. The van der Waals surface area contributed by atoms with Crippen molar-refractivity contribution in [2.24, 2.45) is 11.7 Å². The number of halogens is 1. The molecule has 3 atom stereocenters. The van der Waals surface area contributed by atoms with Gasteiger partial charge in [-0.25, -0.2) is 0 Å². The molecule has 6 heteroatoms. The van der Waals surface area contributed by atoms with Crippen LogP contribution in [-0.4, -0.2) is 22.4 Å². The first-order valence-corrected chi connectivity index (χ1v) is 8.06. The average Bonchev–Trinajstić information content (AvgIpc) is 2.31. The van der Waals surface area contributed by atoms with Gasteiger partial charge in [0.2, 0.25) is 5.91 Å². The maximum atomic E-state index is 11.9. The maximum Gasteiger partial charge on any atom is 0.228 e. The van der Waals surface area contributed by atoms with E-state index < -0.39 is 10.8 Å². The fourth-order valence-corrected chi connectivity index (χ4v) is 2.42. The summed E-state index contributed by atoms with van der Waals surface area (Å²) in [4.78, 5) is 11.9. The normalized spacial score (nSPS) is 15.6. The summed E-state index contributed by atoms with van der Waals surface area (Å²) in [5.41, 5.74) is 7.09. The smallest absolute Gasteiger partial charge is 0.228 e. The number of benzene rings is 1. The van der Waals surface area contributed by atoms with Gasteiger partial charge in [-0.3, -0.25) is 9.00 Å². The molecule has 0 spiro atoms. The molecule has 0 aromatic heterocycles. The molecule has 19 heavy (non-hydrogen) atoms. The maximum absolute atomic E-state index is 11.9. The van der Waals surface area contributed by atoms with Crippen molar-refractivity contribution in [2.45, 2.75) is 25.6 Å². The van der Waals surface area contributed by atoms with Crippen molar-refractivity contribution in [3.8, 4) is 0 Å². The van der Waals surface area contributed by atoms with Crippen LogP contribution in [0.3, 0.4) is 0 Å². The van der Waals surface area contributed by atoms with Crippen LogP contribution in [0.15, 0.2) is 18.2 Å². The summed E-state index contributed by atoms with van der Waals surface area (Å²) in [5.74, 6) is -0.0499. The highest BCUT2D eigenvalue weighted by molar-refractivity contribution is 7.83. The Morgan fingerprint density at radius 1 is 1.47 bits per heavy atom. The van der Waals surface area contributed by atoms with E-state index in [1.165, 1.54) is 0 Å². The van der Waals surface area contributed by atoms with Crippen molar-refractivity contribution in [1.29, 1.82) is 0 Å². The Hall–Kier alpha value is -0.910. The van der Waals surface area contributed by atoms with Crippen molar-refractivity contribution in [3.63, 3.8) is 0 Å². The lowest BCUT2D eigenvalue weighted by Gasteiger charge is -2.16. The topological polar surface area (TPSA) is 72.2 Å². The van der Waals surface area contributed by atoms with Gasteiger partial charge in [0.25, 0.3) is 0 Å². The summed E-state index contributed by atoms with van der Waals surface area (Å²) in [7, 11) is -0.981. The molecule has 1 rings (SSSR count). The van der Waals surface area contributed by atoms with Gasteiger partial charge in [0, 0.05) is 39.6 Å². The second-order valence-electron chi connectivity index (χ2n) is 4.66. The predicted molar refractivity (Wildman–Crippen MR) is 80.7 cm³/mol. The van der Waals surface area contributed by atoms with Crippen LogP contribution >= 0.6 is 11.6 Å². The molecule has 0 bridgehead atoms. The van der Waals surface area contributed by atoms with Gasteiger partial charge < -0.3 is 11.1 Å². The van der Waals surface area contributed by atoms with E-state index in [0.717, 1.165) is 5.56 Å². The zero-order valence-corrected chi connectivity index (χ0v) is 12.8. The van der Waals surface area contributed by atoms with E-state index in [2.05, 4.69) is 5.32 Å². The molecule has 3 unspecified atom stereocenters. The SMILES string of the molecule is CC(N)C(C)C(=O)Nc1ccc(Cl)c(CS(C)=O)c1. The van der Waals surface area contributed by atoms with Crippen LogP contribution in [0.4, 0.5) is 5.69 Å². The fraction of sp³-hybridized carbons (Fsp3) is 0.462. The standard InChI is InChI=1S/C13H19ClN2O2S/c1-8(9(2)15)13(17)16-11-4-5-12(14)10(6-11)7-19(3)18/h4-6,8-9H,7,15H2,1-3H3,(H,16,17). The van der Waals surface area contributed by atoms with Crippen LogP contribution in [0.5, 0.6) is 0 Å². The Labute approximate surface area is 121 Å². The molecule has 1 aromatic carbocycles. The highest BCUT2D eigenvalue weighted by Gasteiger charge is 2.17. The molecule has 0 aliphatic heterocycles. The van der Waals surface area contributed by atoms with Crippen molar-refractivity contribution < 1.29 is 9.00 Å². The highest BCUT2D eigenvalue weighted by atomic mass is 35.5. The fourth-order valence-electron chi connectivity index (χ4n) is 1.48. The number of rotatable bonds is 5. The molecule has 0 fully saturated rings. The molecule has 4 nitrogen and oxygen atoms in total. The van der Waals surface area contributed by atoms with E-state index in [0.29, 0.717) is 16.5 Å². The molecule has 3 N–H and O–H groups in total. The van der Waals surface area contributed by atoms with Gasteiger partial charge >= 0.3 is 0 Å². The lowest BCUT2D eigenvalue weighted by molar-refractivity contribution is -0.119. The summed E-state index contributed by atoms with van der Waals surface area (Å²) < 4.78 is 11.2. The molecule has 106 valence electrons. The zero-order chi connectivity index (χ0) is 14.6.